The molecule has 2 heterocycles. The van der Waals surface area contributed by atoms with Crippen LogP contribution >= 0.6 is 23.4 Å². The van der Waals surface area contributed by atoms with E-state index in [4.69, 9.17) is 16.7 Å². The number of hydrogen-bond acceptors (Lipinski definition) is 3. The maximum Gasteiger partial charge on any atom is 0.334 e. The van der Waals surface area contributed by atoms with E-state index < -0.39 is 5.97 Å². The van der Waals surface area contributed by atoms with Crippen molar-refractivity contribution in [2.75, 3.05) is 5.88 Å². The Morgan fingerprint density at radius 3 is 3.00 bits per heavy atom. The second kappa shape index (κ2) is 3.47. The molecule has 1 fully saturated rings. The summed E-state index contributed by atoms with van der Waals surface area (Å²) < 4.78 is 0. The Labute approximate surface area is 89.9 Å². The van der Waals surface area contributed by atoms with Crippen molar-refractivity contribution < 1.29 is 14.7 Å². The van der Waals surface area contributed by atoms with Crippen molar-refractivity contribution in [1.29, 1.82) is 0 Å². The Morgan fingerprint density at radius 2 is 2.50 bits per heavy atom. The lowest BCUT2D eigenvalue weighted by Gasteiger charge is -2.42. The van der Waals surface area contributed by atoms with E-state index in [-0.39, 0.29) is 28.0 Å². The smallest absolute Gasteiger partial charge is 0.334 e. The molecule has 14 heavy (non-hydrogen) atoms. The third-order valence-corrected chi connectivity index (χ3v) is 4.23. The van der Waals surface area contributed by atoms with Gasteiger partial charge in [0.25, 0.3) is 0 Å². The van der Waals surface area contributed by atoms with E-state index >= 15 is 0 Å². The highest BCUT2D eigenvalue weighted by molar-refractivity contribution is 8.01. The molecule has 1 unspecified atom stereocenters. The highest BCUT2D eigenvalue weighted by Crippen LogP contribution is 2.40. The maximum absolute atomic E-state index is 11.1. The molecule has 2 rings (SSSR count). The molecular formula is C8H8ClNO3S. The van der Waals surface area contributed by atoms with Gasteiger partial charge in [-0.3, -0.25) is 4.79 Å². The molecule has 0 aromatic rings. The second-order valence-corrected chi connectivity index (χ2v) is 4.82. The number of fused-ring (bicyclic) bond motifs is 1. The van der Waals surface area contributed by atoms with Crippen molar-refractivity contribution in [3.63, 3.8) is 0 Å². The van der Waals surface area contributed by atoms with E-state index in [0.717, 1.165) is 0 Å². The number of alkyl halides is 1. The van der Waals surface area contributed by atoms with E-state index in [1.807, 2.05) is 0 Å². The zero-order valence-corrected chi connectivity index (χ0v) is 8.72. The lowest BCUT2D eigenvalue weighted by molar-refractivity contribution is -0.138. The van der Waals surface area contributed by atoms with Crippen LogP contribution < -0.4 is 0 Å². The molecule has 4 nitrogen and oxygen atoms in total. The number of amides is 1. The molecule has 1 saturated heterocycles. The lowest BCUT2D eigenvalue weighted by atomic mass is 10.1. The van der Waals surface area contributed by atoms with E-state index in [2.05, 4.69) is 0 Å². The van der Waals surface area contributed by atoms with E-state index in [1.165, 1.54) is 22.9 Å². The summed E-state index contributed by atoms with van der Waals surface area (Å²) in [5, 5.41) is 8.76. The van der Waals surface area contributed by atoms with Crippen LogP contribution in [0.5, 0.6) is 0 Å². The molecule has 0 bridgehead atoms. The fourth-order valence-electron chi connectivity index (χ4n) is 1.48. The van der Waals surface area contributed by atoms with Crippen LogP contribution in [0.1, 0.15) is 6.42 Å². The number of carboxylic acid groups (broad SMARTS) is 1. The van der Waals surface area contributed by atoms with Gasteiger partial charge in [-0.2, -0.15) is 0 Å². The summed E-state index contributed by atoms with van der Waals surface area (Å²) in [5.41, 5.74) is 0.217. The molecule has 0 radical (unpaired) electrons. The summed E-state index contributed by atoms with van der Waals surface area (Å²) in [5.74, 6) is -0.753. The van der Waals surface area contributed by atoms with Gasteiger partial charge in [-0.1, -0.05) is 0 Å². The number of β-lactam (4-membered cyclic amide) rings is 1. The van der Waals surface area contributed by atoms with E-state index in [9.17, 15) is 9.59 Å². The first-order valence-corrected chi connectivity index (χ1v) is 5.59. The summed E-state index contributed by atoms with van der Waals surface area (Å²) >= 11 is 7.11. The molecule has 1 amide bonds. The minimum absolute atomic E-state index is 0.0192. The normalized spacial score (nSPS) is 30.5. The number of rotatable bonds is 2. The first-order chi connectivity index (χ1) is 6.63. The zero-order valence-electron chi connectivity index (χ0n) is 7.14. The van der Waals surface area contributed by atoms with E-state index in [1.54, 1.807) is 0 Å². The van der Waals surface area contributed by atoms with E-state index in [0.29, 0.717) is 6.42 Å². The largest absolute Gasteiger partial charge is 0.478 e. The maximum atomic E-state index is 11.1. The number of halogens is 1. The van der Waals surface area contributed by atoms with Crippen molar-refractivity contribution in [3.05, 3.63) is 11.8 Å². The summed E-state index contributed by atoms with van der Waals surface area (Å²) in [4.78, 5) is 23.4. The molecule has 6 heteroatoms. The Hall–Kier alpha value is -0.680. The van der Waals surface area contributed by atoms with Gasteiger partial charge in [0.2, 0.25) is 5.91 Å². The molecule has 0 saturated carbocycles. The predicted molar refractivity (Wildman–Crippen MR) is 53.1 cm³/mol. The summed E-state index contributed by atoms with van der Waals surface area (Å²) in [6, 6.07) is 0. The van der Waals surface area contributed by atoms with Crippen LogP contribution in [0.3, 0.4) is 0 Å². The van der Waals surface area contributed by atoms with Crippen molar-refractivity contribution in [2.45, 2.75) is 17.0 Å². The van der Waals surface area contributed by atoms with Gasteiger partial charge >= 0.3 is 5.97 Å². The monoisotopic (exact) mass is 233 g/mol. The Balaban J connectivity index is 2.25. The standard InChI is InChI=1S/C8H8ClNO3S/c9-2-5-4(8(12)13)3-10-6(11)1-7(10)14-5/h3,5,7H,1-2H2,(H,12,13)/t5?,7-/m1/s1. The first kappa shape index (κ1) is 9.86. The summed E-state index contributed by atoms with van der Waals surface area (Å²) in [7, 11) is 0. The first-order valence-electron chi connectivity index (χ1n) is 4.11. The van der Waals surface area contributed by atoms with Gasteiger partial charge in [-0.25, -0.2) is 4.79 Å². The van der Waals surface area contributed by atoms with Gasteiger partial charge in [-0.05, 0) is 0 Å². The number of aliphatic carboxylic acids is 1. The molecule has 2 atom stereocenters. The number of nitrogens with zero attached hydrogens (tertiary/aromatic N) is 1. The topological polar surface area (TPSA) is 57.6 Å². The number of carboxylic acids is 1. The predicted octanol–water partition coefficient (Wildman–Crippen LogP) is 0.868. The van der Waals surface area contributed by atoms with Crippen LogP contribution in [0, 0.1) is 0 Å². The van der Waals surface area contributed by atoms with Crippen molar-refractivity contribution in [3.8, 4) is 0 Å². The fraction of sp³-hybridized carbons (Fsp3) is 0.500. The summed E-state index contributed by atoms with van der Waals surface area (Å²) in [6.45, 7) is 0. The quantitative estimate of drug-likeness (QED) is 0.568. The Kier molecular flexibility index (Phi) is 2.45. The molecule has 1 N–H and O–H groups in total. The SMILES string of the molecule is O=C(O)C1=CN2C(=O)C[C@H]2SC1CCl. The van der Waals surface area contributed by atoms with Gasteiger partial charge < -0.3 is 10.0 Å². The van der Waals surface area contributed by atoms with Crippen molar-refractivity contribution in [2.24, 2.45) is 0 Å². The Morgan fingerprint density at radius 1 is 1.79 bits per heavy atom. The van der Waals surface area contributed by atoms with Gasteiger partial charge in [0.15, 0.2) is 0 Å². The van der Waals surface area contributed by atoms with Crippen LogP contribution in [0.15, 0.2) is 11.8 Å². The van der Waals surface area contributed by atoms with Gasteiger partial charge in [0, 0.05) is 12.1 Å². The minimum Gasteiger partial charge on any atom is -0.478 e. The number of carbonyl (C=O) groups is 2. The molecular weight excluding hydrogens is 226 g/mol. The summed E-state index contributed by atoms with van der Waals surface area (Å²) in [6.07, 6.45) is 1.91. The molecule has 0 spiro atoms. The number of hydrogen-bond donors (Lipinski definition) is 1. The van der Waals surface area contributed by atoms with Crippen LogP contribution in [0.2, 0.25) is 0 Å². The molecule has 2 aliphatic heterocycles. The zero-order chi connectivity index (χ0) is 10.3. The van der Waals surface area contributed by atoms with Crippen LogP contribution in [0.4, 0.5) is 0 Å². The van der Waals surface area contributed by atoms with Crippen LogP contribution in [-0.4, -0.2) is 38.4 Å². The fourth-order valence-corrected chi connectivity index (χ4v) is 3.17. The molecule has 0 aromatic heterocycles. The third kappa shape index (κ3) is 1.40. The number of carbonyl (C=O) groups excluding carboxylic acids is 1. The van der Waals surface area contributed by atoms with Crippen molar-refractivity contribution in [1.82, 2.24) is 4.90 Å². The average molecular weight is 234 g/mol. The highest BCUT2D eigenvalue weighted by atomic mass is 35.5. The molecule has 0 aliphatic carbocycles. The molecule has 2 aliphatic rings. The molecule has 0 aromatic carbocycles. The van der Waals surface area contributed by atoms with Gasteiger partial charge in [0.1, 0.15) is 0 Å². The van der Waals surface area contributed by atoms with Crippen LogP contribution in [-0.2, 0) is 9.59 Å². The third-order valence-electron chi connectivity index (χ3n) is 2.28. The lowest BCUT2D eigenvalue weighted by Crippen LogP contribution is -2.51. The number of thioether (sulfide) groups is 1. The van der Waals surface area contributed by atoms with Gasteiger partial charge in [-0.15, -0.1) is 23.4 Å². The second-order valence-electron chi connectivity index (χ2n) is 3.13. The Bertz CT molecular complexity index is 331. The van der Waals surface area contributed by atoms with Gasteiger partial charge in [0.05, 0.1) is 22.6 Å². The minimum atomic E-state index is -0.999. The van der Waals surface area contributed by atoms with Crippen molar-refractivity contribution >= 4 is 35.2 Å². The average Bonchev–Trinajstić information content (AvgIpc) is 2.14. The highest BCUT2D eigenvalue weighted by Gasteiger charge is 2.42. The molecule has 76 valence electrons. The van der Waals surface area contributed by atoms with Crippen LogP contribution in [0.25, 0.3) is 0 Å².